The van der Waals surface area contributed by atoms with Gasteiger partial charge in [0.2, 0.25) is 11.8 Å². The Morgan fingerprint density at radius 2 is 1.69 bits per heavy atom. The van der Waals surface area contributed by atoms with Crippen molar-refractivity contribution in [1.82, 2.24) is 15.3 Å². The number of benzene rings is 2. The molecule has 0 unspecified atom stereocenters. The number of imidazole rings is 1. The number of carbonyl (C=O) groups is 3. The molecule has 2 amide bonds. The van der Waals surface area contributed by atoms with Crippen LogP contribution in [-0.2, 0) is 9.59 Å². The van der Waals surface area contributed by atoms with Gasteiger partial charge < -0.3 is 15.6 Å². The van der Waals surface area contributed by atoms with E-state index in [2.05, 4.69) is 20.6 Å². The van der Waals surface area contributed by atoms with Crippen LogP contribution < -0.4 is 10.6 Å². The van der Waals surface area contributed by atoms with Gasteiger partial charge in [0.15, 0.2) is 5.78 Å². The molecule has 3 N–H and O–H groups in total. The average molecular weight is 447 g/mol. The molecule has 4 aromatic rings. The molecule has 162 valence electrons. The minimum atomic E-state index is -0.238. The van der Waals surface area contributed by atoms with Gasteiger partial charge >= 0.3 is 0 Å². The number of aromatic amines is 1. The van der Waals surface area contributed by atoms with E-state index in [0.717, 1.165) is 22.4 Å². The molecule has 0 spiro atoms. The Hall–Kier alpha value is -3.78. The molecular weight excluding hydrogens is 424 g/mol. The number of rotatable bonds is 9. The number of para-hydroxylation sites is 2. The van der Waals surface area contributed by atoms with E-state index in [-0.39, 0.29) is 43.4 Å². The normalized spacial score (nSPS) is 10.8. The summed E-state index contributed by atoms with van der Waals surface area (Å²) in [6.45, 7) is 0.217. The van der Waals surface area contributed by atoms with Gasteiger partial charge in [0, 0.05) is 37.1 Å². The van der Waals surface area contributed by atoms with E-state index in [1.165, 1.54) is 11.3 Å². The van der Waals surface area contributed by atoms with Crippen molar-refractivity contribution in [1.29, 1.82) is 0 Å². The fraction of sp³-hybridized carbons (Fsp3) is 0.167. The number of amides is 2. The highest BCUT2D eigenvalue weighted by Crippen LogP contribution is 2.22. The second-order valence-electron chi connectivity index (χ2n) is 7.23. The van der Waals surface area contributed by atoms with E-state index in [4.69, 9.17) is 0 Å². The summed E-state index contributed by atoms with van der Waals surface area (Å²) < 4.78 is 0. The second kappa shape index (κ2) is 10.0. The van der Waals surface area contributed by atoms with E-state index in [9.17, 15) is 14.4 Å². The van der Waals surface area contributed by atoms with Gasteiger partial charge in [-0.25, -0.2) is 4.98 Å². The number of hydrogen-bond acceptors (Lipinski definition) is 5. The number of carbonyl (C=O) groups excluding carboxylic acids is 3. The van der Waals surface area contributed by atoms with Crippen LogP contribution in [0, 0.1) is 0 Å². The summed E-state index contributed by atoms with van der Waals surface area (Å²) >= 11 is 1.37. The Balaban J connectivity index is 1.20. The minimum absolute atomic E-state index is 0.0426. The quantitative estimate of drug-likeness (QED) is 0.332. The zero-order chi connectivity index (χ0) is 22.3. The topological polar surface area (TPSA) is 104 Å². The molecule has 0 atom stereocenters. The van der Waals surface area contributed by atoms with Gasteiger partial charge in [-0.1, -0.05) is 18.2 Å². The van der Waals surface area contributed by atoms with Crippen molar-refractivity contribution in [3.05, 3.63) is 70.9 Å². The maximum atomic E-state index is 12.2. The molecule has 32 heavy (non-hydrogen) atoms. The lowest BCUT2D eigenvalue weighted by atomic mass is 10.2. The zero-order valence-electron chi connectivity index (χ0n) is 17.3. The van der Waals surface area contributed by atoms with Crippen molar-refractivity contribution in [2.24, 2.45) is 0 Å². The minimum Gasteiger partial charge on any atom is -0.356 e. The number of H-pyrrole nitrogens is 1. The third kappa shape index (κ3) is 5.47. The molecule has 0 saturated carbocycles. The summed E-state index contributed by atoms with van der Waals surface area (Å²) in [4.78, 5) is 44.5. The molecule has 0 bridgehead atoms. The summed E-state index contributed by atoms with van der Waals surface area (Å²) in [6, 6.07) is 18.8. The number of nitrogens with one attached hydrogen (secondary N) is 3. The zero-order valence-corrected chi connectivity index (χ0v) is 18.1. The van der Waals surface area contributed by atoms with Crippen molar-refractivity contribution in [3.8, 4) is 11.4 Å². The standard InChI is InChI=1S/C24H22N4O3S/c29-20(21-6-3-15-32-21)11-12-22(30)25-14-13-23(31)26-17-9-7-16(8-10-17)24-27-18-4-1-2-5-19(18)28-24/h1-10,15H,11-14H2,(H,25,30)(H,26,31)(H,27,28). The van der Waals surface area contributed by atoms with Gasteiger partial charge in [-0.15, -0.1) is 11.3 Å². The lowest BCUT2D eigenvalue weighted by Gasteiger charge is -2.07. The number of fused-ring (bicyclic) bond motifs is 1. The predicted molar refractivity (Wildman–Crippen MR) is 126 cm³/mol. The van der Waals surface area contributed by atoms with Crippen LogP contribution in [-0.4, -0.2) is 34.1 Å². The first-order valence-electron chi connectivity index (χ1n) is 10.3. The maximum Gasteiger partial charge on any atom is 0.226 e. The van der Waals surface area contributed by atoms with Crippen LogP contribution in [0.3, 0.4) is 0 Å². The molecule has 7 nitrogen and oxygen atoms in total. The van der Waals surface area contributed by atoms with Crippen molar-refractivity contribution in [2.45, 2.75) is 19.3 Å². The molecule has 0 radical (unpaired) electrons. The highest BCUT2D eigenvalue weighted by Gasteiger charge is 2.11. The number of ketones is 1. The molecule has 4 rings (SSSR count). The van der Waals surface area contributed by atoms with Gasteiger partial charge in [-0.3, -0.25) is 14.4 Å². The van der Waals surface area contributed by atoms with Crippen LogP contribution in [0.4, 0.5) is 5.69 Å². The summed E-state index contributed by atoms with van der Waals surface area (Å²) in [6.07, 6.45) is 0.424. The first-order valence-corrected chi connectivity index (χ1v) is 11.1. The van der Waals surface area contributed by atoms with Crippen LogP contribution >= 0.6 is 11.3 Å². The molecule has 0 aliphatic rings. The van der Waals surface area contributed by atoms with E-state index >= 15 is 0 Å². The Bertz CT molecular complexity index is 1200. The van der Waals surface area contributed by atoms with Crippen LogP contribution in [0.15, 0.2) is 66.0 Å². The van der Waals surface area contributed by atoms with E-state index in [1.54, 1.807) is 6.07 Å². The molecule has 0 aliphatic carbocycles. The van der Waals surface area contributed by atoms with Crippen molar-refractivity contribution < 1.29 is 14.4 Å². The van der Waals surface area contributed by atoms with Gasteiger partial charge in [0.1, 0.15) is 5.82 Å². The average Bonchev–Trinajstić information content (AvgIpc) is 3.48. The lowest BCUT2D eigenvalue weighted by molar-refractivity contribution is -0.121. The molecule has 0 fully saturated rings. The maximum absolute atomic E-state index is 12.2. The third-order valence-corrected chi connectivity index (χ3v) is 5.79. The lowest BCUT2D eigenvalue weighted by Crippen LogP contribution is -2.27. The molecule has 0 saturated heterocycles. The van der Waals surface area contributed by atoms with Crippen LogP contribution in [0.5, 0.6) is 0 Å². The number of anilines is 1. The number of hydrogen-bond donors (Lipinski definition) is 3. The van der Waals surface area contributed by atoms with Crippen LogP contribution in [0.1, 0.15) is 28.9 Å². The Labute approximate surface area is 188 Å². The molecule has 2 aromatic heterocycles. The number of aromatic nitrogens is 2. The van der Waals surface area contributed by atoms with Gasteiger partial charge in [0.05, 0.1) is 15.9 Å². The fourth-order valence-corrected chi connectivity index (χ4v) is 3.91. The number of Topliss-reactive ketones (excluding diaryl/α,β-unsaturated/α-hetero) is 1. The van der Waals surface area contributed by atoms with E-state index < -0.39 is 0 Å². The first-order chi connectivity index (χ1) is 15.6. The Morgan fingerprint density at radius 3 is 2.44 bits per heavy atom. The van der Waals surface area contributed by atoms with E-state index in [0.29, 0.717) is 10.6 Å². The third-order valence-electron chi connectivity index (χ3n) is 4.88. The van der Waals surface area contributed by atoms with Gasteiger partial charge in [-0.05, 0) is 47.8 Å². The van der Waals surface area contributed by atoms with Crippen molar-refractivity contribution in [2.75, 3.05) is 11.9 Å². The SMILES string of the molecule is O=C(CCC(=O)c1cccs1)NCCC(=O)Nc1ccc(-c2nc3ccccc3[nH]2)cc1. The highest BCUT2D eigenvalue weighted by molar-refractivity contribution is 7.12. The summed E-state index contributed by atoms with van der Waals surface area (Å²) in [5.74, 6) is 0.290. The van der Waals surface area contributed by atoms with Crippen LogP contribution in [0.25, 0.3) is 22.4 Å². The smallest absolute Gasteiger partial charge is 0.226 e. The number of nitrogens with zero attached hydrogens (tertiary/aromatic N) is 1. The molecule has 8 heteroatoms. The summed E-state index contributed by atoms with van der Waals surface area (Å²) in [5.41, 5.74) is 3.46. The molecule has 0 aliphatic heterocycles. The van der Waals surface area contributed by atoms with Gasteiger partial charge in [0.25, 0.3) is 0 Å². The molecule has 2 aromatic carbocycles. The monoisotopic (exact) mass is 446 g/mol. The van der Waals surface area contributed by atoms with Gasteiger partial charge in [-0.2, -0.15) is 0 Å². The Morgan fingerprint density at radius 1 is 0.875 bits per heavy atom. The van der Waals surface area contributed by atoms with Crippen molar-refractivity contribution in [3.63, 3.8) is 0 Å². The summed E-state index contributed by atoms with van der Waals surface area (Å²) in [7, 11) is 0. The Kier molecular flexibility index (Phi) is 6.72. The van der Waals surface area contributed by atoms with Crippen LogP contribution in [0.2, 0.25) is 0 Å². The van der Waals surface area contributed by atoms with E-state index in [1.807, 2.05) is 60.0 Å². The predicted octanol–water partition coefficient (Wildman–Crippen LogP) is 4.40. The largest absolute Gasteiger partial charge is 0.356 e. The number of thiophene rings is 1. The fourth-order valence-electron chi connectivity index (χ4n) is 3.22. The summed E-state index contributed by atoms with van der Waals surface area (Å²) in [5, 5.41) is 7.33. The molecular formula is C24H22N4O3S. The first kappa shape index (κ1) is 21.5. The second-order valence-corrected chi connectivity index (χ2v) is 8.18. The van der Waals surface area contributed by atoms with Crippen molar-refractivity contribution >= 4 is 45.7 Å². The highest BCUT2D eigenvalue weighted by atomic mass is 32.1. The molecule has 2 heterocycles.